The molecule has 0 saturated carbocycles. The van der Waals surface area contributed by atoms with Gasteiger partial charge in [0.05, 0.1) is 18.2 Å². The highest BCUT2D eigenvalue weighted by Gasteiger charge is 2.40. The predicted octanol–water partition coefficient (Wildman–Crippen LogP) is 2.91. The van der Waals surface area contributed by atoms with E-state index in [0.717, 1.165) is 7.11 Å². The maximum atomic E-state index is 12.4. The van der Waals surface area contributed by atoms with Crippen LogP contribution in [-0.2, 0) is 17.1 Å². The summed E-state index contributed by atoms with van der Waals surface area (Å²) in [5.74, 6) is -1.52. The van der Waals surface area contributed by atoms with Crippen LogP contribution in [0.1, 0.15) is 21.6 Å². The maximum Gasteiger partial charge on any atom is 0.433 e. The molecule has 0 atom stereocenters. The highest BCUT2D eigenvalue weighted by molar-refractivity contribution is 5.91. The molecule has 0 unspecified atom stereocenters. The van der Waals surface area contributed by atoms with Gasteiger partial charge in [-0.25, -0.2) is 4.79 Å². The summed E-state index contributed by atoms with van der Waals surface area (Å²) in [4.78, 5) is 13.7. The molecule has 0 N–H and O–H groups in total. The third kappa shape index (κ3) is 2.90. The minimum absolute atomic E-state index is 0.00859. The van der Waals surface area contributed by atoms with E-state index in [0.29, 0.717) is 0 Å². The SMILES string of the molecule is COC(=O)c1cc(C(F)(F)F)ncc1C(F)(F)F. The van der Waals surface area contributed by atoms with E-state index in [1.54, 1.807) is 0 Å². The molecule has 0 aliphatic heterocycles. The second-order valence-electron chi connectivity index (χ2n) is 3.10. The predicted molar refractivity (Wildman–Crippen MR) is 45.6 cm³/mol. The second-order valence-corrected chi connectivity index (χ2v) is 3.10. The van der Waals surface area contributed by atoms with E-state index in [1.807, 2.05) is 0 Å². The number of carbonyl (C=O) groups excluding carboxylic acids is 1. The van der Waals surface area contributed by atoms with Crippen LogP contribution < -0.4 is 0 Å². The molecule has 1 heterocycles. The lowest BCUT2D eigenvalue weighted by Crippen LogP contribution is -2.18. The van der Waals surface area contributed by atoms with Crippen molar-refractivity contribution < 1.29 is 35.9 Å². The number of methoxy groups -OCH3 is 1. The van der Waals surface area contributed by atoms with Gasteiger partial charge in [0.25, 0.3) is 0 Å². The van der Waals surface area contributed by atoms with Crippen LogP contribution >= 0.6 is 0 Å². The Morgan fingerprint density at radius 2 is 1.72 bits per heavy atom. The summed E-state index contributed by atoms with van der Waals surface area (Å²) in [7, 11) is 0.760. The molecular weight excluding hydrogens is 268 g/mol. The lowest BCUT2D eigenvalue weighted by molar-refractivity contribution is -0.144. The molecule has 0 fully saturated rings. The van der Waals surface area contributed by atoms with Crippen molar-refractivity contribution >= 4 is 5.97 Å². The molecule has 1 aromatic heterocycles. The highest BCUT2D eigenvalue weighted by atomic mass is 19.4. The summed E-state index contributed by atoms with van der Waals surface area (Å²) in [6.07, 6.45) is -10.00. The number of carbonyl (C=O) groups is 1. The van der Waals surface area contributed by atoms with E-state index in [9.17, 15) is 31.1 Å². The summed E-state index contributed by atoms with van der Waals surface area (Å²) < 4.78 is 78.1. The summed E-state index contributed by atoms with van der Waals surface area (Å²) in [5, 5.41) is 0. The fourth-order valence-electron chi connectivity index (χ4n) is 1.12. The van der Waals surface area contributed by atoms with Gasteiger partial charge in [0.1, 0.15) is 5.69 Å². The molecule has 0 amide bonds. The van der Waals surface area contributed by atoms with Crippen molar-refractivity contribution in [1.82, 2.24) is 4.98 Å². The quantitative estimate of drug-likeness (QED) is 0.583. The molecule has 0 spiro atoms. The lowest BCUT2D eigenvalue weighted by atomic mass is 10.1. The van der Waals surface area contributed by atoms with Crippen molar-refractivity contribution in [2.45, 2.75) is 12.4 Å². The fraction of sp³-hybridized carbons (Fsp3) is 0.333. The summed E-state index contributed by atoms with van der Waals surface area (Å²) in [5.41, 5.74) is -4.41. The van der Waals surface area contributed by atoms with Crippen LogP contribution in [0.5, 0.6) is 0 Å². The fourth-order valence-corrected chi connectivity index (χ4v) is 1.12. The largest absolute Gasteiger partial charge is 0.465 e. The van der Waals surface area contributed by atoms with Gasteiger partial charge in [-0.05, 0) is 6.07 Å². The Morgan fingerprint density at radius 3 is 2.11 bits per heavy atom. The van der Waals surface area contributed by atoms with Gasteiger partial charge in [-0.15, -0.1) is 0 Å². The molecule has 0 aliphatic carbocycles. The zero-order chi connectivity index (χ0) is 14.1. The van der Waals surface area contributed by atoms with Crippen LogP contribution in [0.4, 0.5) is 26.3 Å². The summed E-state index contributed by atoms with van der Waals surface area (Å²) in [6.45, 7) is 0. The van der Waals surface area contributed by atoms with Crippen LogP contribution in [0, 0.1) is 0 Å². The van der Waals surface area contributed by atoms with E-state index in [1.165, 1.54) is 0 Å². The number of pyridine rings is 1. The molecule has 0 radical (unpaired) electrons. The monoisotopic (exact) mass is 273 g/mol. The molecular formula is C9H5F6NO2. The molecule has 100 valence electrons. The minimum atomic E-state index is -5.00. The van der Waals surface area contributed by atoms with Crippen LogP contribution in [-0.4, -0.2) is 18.1 Å². The number of aromatic nitrogens is 1. The van der Waals surface area contributed by atoms with Gasteiger partial charge >= 0.3 is 18.3 Å². The Hall–Kier alpha value is -1.80. The van der Waals surface area contributed by atoms with Gasteiger partial charge in [-0.2, -0.15) is 26.3 Å². The van der Waals surface area contributed by atoms with Gasteiger partial charge in [-0.3, -0.25) is 4.98 Å². The topological polar surface area (TPSA) is 39.2 Å². The van der Waals surface area contributed by atoms with E-state index in [4.69, 9.17) is 0 Å². The molecule has 0 bridgehead atoms. The van der Waals surface area contributed by atoms with Gasteiger partial charge in [0.15, 0.2) is 0 Å². The van der Waals surface area contributed by atoms with E-state index < -0.39 is 35.1 Å². The minimum Gasteiger partial charge on any atom is -0.465 e. The number of nitrogens with zero attached hydrogens (tertiary/aromatic N) is 1. The molecule has 18 heavy (non-hydrogen) atoms. The van der Waals surface area contributed by atoms with Crippen LogP contribution in [0.15, 0.2) is 12.3 Å². The zero-order valence-electron chi connectivity index (χ0n) is 8.69. The van der Waals surface area contributed by atoms with E-state index in [-0.39, 0.29) is 12.3 Å². The van der Waals surface area contributed by atoms with Gasteiger partial charge in [-0.1, -0.05) is 0 Å². The van der Waals surface area contributed by atoms with E-state index in [2.05, 4.69) is 9.72 Å². The lowest BCUT2D eigenvalue weighted by Gasteiger charge is -2.13. The second kappa shape index (κ2) is 4.46. The molecule has 1 rings (SSSR count). The number of esters is 1. The number of halogens is 6. The number of hydrogen-bond donors (Lipinski definition) is 0. The summed E-state index contributed by atoms with van der Waals surface area (Å²) >= 11 is 0. The third-order valence-electron chi connectivity index (χ3n) is 1.91. The molecule has 0 aromatic carbocycles. The Labute approximate surface area is 96.4 Å². The Morgan fingerprint density at radius 1 is 1.17 bits per heavy atom. The van der Waals surface area contributed by atoms with Crippen molar-refractivity contribution in [2.75, 3.05) is 7.11 Å². The molecule has 1 aromatic rings. The van der Waals surface area contributed by atoms with Gasteiger partial charge < -0.3 is 4.74 Å². The normalized spacial score (nSPS) is 12.4. The van der Waals surface area contributed by atoms with Crippen LogP contribution in [0.3, 0.4) is 0 Å². The Balaban J connectivity index is 3.44. The highest BCUT2D eigenvalue weighted by Crippen LogP contribution is 2.35. The van der Waals surface area contributed by atoms with Crippen molar-refractivity contribution in [1.29, 1.82) is 0 Å². The Bertz CT molecular complexity index is 465. The Kier molecular flexibility index (Phi) is 3.54. The van der Waals surface area contributed by atoms with Crippen LogP contribution in [0.2, 0.25) is 0 Å². The first-order valence-electron chi connectivity index (χ1n) is 4.30. The first-order chi connectivity index (χ1) is 8.07. The first-order valence-corrected chi connectivity index (χ1v) is 4.30. The standard InChI is InChI=1S/C9H5F6NO2/c1-18-7(17)4-2-6(9(13,14)15)16-3-5(4)8(10,11)12/h2-3H,1H3. The smallest absolute Gasteiger partial charge is 0.433 e. The number of rotatable bonds is 1. The van der Waals surface area contributed by atoms with Crippen molar-refractivity contribution in [3.05, 3.63) is 29.1 Å². The maximum absolute atomic E-state index is 12.4. The average molecular weight is 273 g/mol. The number of hydrogen-bond acceptors (Lipinski definition) is 3. The average Bonchev–Trinajstić information content (AvgIpc) is 2.24. The van der Waals surface area contributed by atoms with Gasteiger partial charge in [0.2, 0.25) is 0 Å². The van der Waals surface area contributed by atoms with Crippen molar-refractivity contribution in [3.8, 4) is 0 Å². The van der Waals surface area contributed by atoms with Gasteiger partial charge in [0, 0.05) is 6.20 Å². The molecule has 0 aliphatic rings. The number of alkyl halides is 6. The molecule has 0 saturated heterocycles. The van der Waals surface area contributed by atoms with Crippen molar-refractivity contribution in [2.24, 2.45) is 0 Å². The zero-order valence-corrected chi connectivity index (χ0v) is 8.69. The van der Waals surface area contributed by atoms with E-state index >= 15 is 0 Å². The first kappa shape index (κ1) is 14.3. The third-order valence-corrected chi connectivity index (χ3v) is 1.91. The summed E-state index contributed by atoms with van der Waals surface area (Å²) in [6, 6.07) is 0.00859. The molecule has 3 nitrogen and oxygen atoms in total. The number of ether oxygens (including phenoxy) is 1. The molecule has 9 heteroatoms. The van der Waals surface area contributed by atoms with Crippen molar-refractivity contribution in [3.63, 3.8) is 0 Å². The van der Waals surface area contributed by atoms with Crippen LogP contribution in [0.25, 0.3) is 0 Å².